The van der Waals surface area contributed by atoms with Crippen LogP contribution >= 0.6 is 0 Å². The molecule has 1 saturated heterocycles. The zero-order valence-electron chi connectivity index (χ0n) is 21.6. The summed E-state index contributed by atoms with van der Waals surface area (Å²) in [6.45, 7) is 10.2. The molecule has 11 heteroatoms. The standard InChI is InChI=1S/C16H17F8N.C6H14.C3H6O2/c17-14(18)7-9-25(8-1-6-15(19,20)21)13(10-14)11-2-4-12(5-3-11)16(22,23)24;1-5-6(2,3)4;1-3(4)5-2/h2-5,13H,1,6-10H2;5H2,1-4H3;1-2H3. The number of hydrogen-bond donors (Lipinski definition) is 0. The van der Waals surface area contributed by atoms with E-state index in [0.29, 0.717) is 5.41 Å². The average molecular weight is 536 g/mol. The summed E-state index contributed by atoms with van der Waals surface area (Å²) in [5, 5.41) is 0. The summed E-state index contributed by atoms with van der Waals surface area (Å²) in [4.78, 5) is 11.1. The summed E-state index contributed by atoms with van der Waals surface area (Å²) < 4.78 is 106. The van der Waals surface area contributed by atoms with Gasteiger partial charge in [-0.25, -0.2) is 8.78 Å². The highest BCUT2D eigenvalue weighted by Gasteiger charge is 2.41. The highest BCUT2D eigenvalue weighted by atomic mass is 19.4. The minimum absolute atomic E-state index is 0.0404. The van der Waals surface area contributed by atoms with Gasteiger partial charge in [0.05, 0.1) is 12.7 Å². The number of halogens is 8. The molecular formula is C25H37F8NO2. The van der Waals surface area contributed by atoms with Crippen LogP contribution in [0.2, 0.25) is 0 Å². The van der Waals surface area contributed by atoms with Gasteiger partial charge in [0.25, 0.3) is 5.92 Å². The van der Waals surface area contributed by atoms with E-state index in [9.17, 15) is 39.9 Å². The fraction of sp³-hybridized carbons (Fsp3) is 0.720. The first-order chi connectivity index (χ1) is 16.2. The van der Waals surface area contributed by atoms with Crippen molar-refractivity contribution in [2.45, 2.75) is 91.0 Å². The first kappa shape index (κ1) is 34.1. The topological polar surface area (TPSA) is 29.5 Å². The van der Waals surface area contributed by atoms with Crippen LogP contribution in [0.4, 0.5) is 35.1 Å². The van der Waals surface area contributed by atoms with E-state index in [-0.39, 0.29) is 31.0 Å². The molecule has 1 aromatic carbocycles. The summed E-state index contributed by atoms with van der Waals surface area (Å²) in [6.07, 6.45) is -9.97. The van der Waals surface area contributed by atoms with Crippen molar-refractivity contribution in [3.8, 4) is 0 Å². The van der Waals surface area contributed by atoms with Gasteiger partial charge in [-0.15, -0.1) is 0 Å². The molecule has 1 aliphatic heterocycles. The molecule has 1 aliphatic rings. The van der Waals surface area contributed by atoms with E-state index >= 15 is 0 Å². The number of methoxy groups -OCH3 is 1. The molecule has 3 nitrogen and oxygen atoms in total. The maximum Gasteiger partial charge on any atom is 0.416 e. The van der Waals surface area contributed by atoms with Gasteiger partial charge in [0, 0.05) is 38.8 Å². The number of esters is 1. The van der Waals surface area contributed by atoms with E-state index in [2.05, 4.69) is 32.4 Å². The smallest absolute Gasteiger partial charge is 0.416 e. The Kier molecular flexibility index (Phi) is 13.4. The second-order valence-electron chi connectivity index (χ2n) is 9.81. The number of benzene rings is 1. The maximum atomic E-state index is 13.7. The molecule has 1 unspecified atom stereocenters. The predicted molar refractivity (Wildman–Crippen MR) is 123 cm³/mol. The molecule has 0 bridgehead atoms. The van der Waals surface area contributed by atoms with Gasteiger partial charge in [0.15, 0.2) is 0 Å². The molecular weight excluding hydrogens is 498 g/mol. The minimum atomic E-state index is -4.54. The van der Waals surface area contributed by atoms with Gasteiger partial charge >= 0.3 is 18.3 Å². The Bertz CT molecular complexity index is 768. The Morgan fingerprint density at radius 1 is 1.06 bits per heavy atom. The third-order valence-corrected chi connectivity index (χ3v) is 5.57. The lowest BCUT2D eigenvalue weighted by atomic mass is 9.91. The number of hydrogen-bond acceptors (Lipinski definition) is 3. The Morgan fingerprint density at radius 2 is 1.53 bits per heavy atom. The SMILES string of the molecule is CCC(C)(C)C.COC(C)=O.FC(F)(F)CCCN1CCC(F)(F)CC1c1ccc(C(F)(F)F)cc1. The molecule has 0 saturated carbocycles. The van der Waals surface area contributed by atoms with Gasteiger partial charge < -0.3 is 4.74 Å². The molecule has 0 aliphatic carbocycles. The van der Waals surface area contributed by atoms with Crippen molar-refractivity contribution in [3.63, 3.8) is 0 Å². The lowest BCUT2D eigenvalue weighted by Gasteiger charge is -2.39. The lowest BCUT2D eigenvalue weighted by molar-refractivity contribution is -0.138. The lowest BCUT2D eigenvalue weighted by Crippen LogP contribution is -2.42. The summed E-state index contributed by atoms with van der Waals surface area (Å²) in [6, 6.07) is 2.93. The van der Waals surface area contributed by atoms with Crippen molar-refractivity contribution in [2.24, 2.45) is 5.41 Å². The van der Waals surface area contributed by atoms with Crippen LogP contribution < -0.4 is 0 Å². The molecule has 210 valence electrons. The fourth-order valence-electron chi connectivity index (χ4n) is 2.95. The van der Waals surface area contributed by atoms with Crippen molar-refractivity contribution in [1.82, 2.24) is 4.90 Å². The first-order valence-electron chi connectivity index (χ1n) is 11.6. The van der Waals surface area contributed by atoms with Crippen LogP contribution in [0.3, 0.4) is 0 Å². The molecule has 1 fully saturated rings. The average Bonchev–Trinajstić information content (AvgIpc) is 2.73. The molecule has 1 atom stereocenters. The van der Waals surface area contributed by atoms with Crippen LogP contribution in [0.15, 0.2) is 24.3 Å². The molecule has 1 heterocycles. The van der Waals surface area contributed by atoms with E-state index in [1.807, 2.05) is 0 Å². The number of likely N-dealkylation sites (tertiary alicyclic amines) is 1. The van der Waals surface area contributed by atoms with Crippen LogP contribution in [0.1, 0.15) is 83.9 Å². The first-order valence-corrected chi connectivity index (χ1v) is 11.6. The van der Waals surface area contributed by atoms with Crippen molar-refractivity contribution in [1.29, 1.82) is 0 Å². The highest BCUT2D eigenvalue weighted by Crippen LogP contribution is 2.41. The number of piperidine rings is 1. The number of carbonyl (C=O) groups excluding carboxylic acids is 1. The Labute approximate surface area is 208 Å². The molecule has 0 spiro atoms. The van der Waals surface area contributed by atoms with E-state index in [4.69, 9.17) is 0 Å². The van der Waals surface area contributed by atoms with Gasteiger partial charge in [-0.05, 0) is 36.1 Å². The Hall–Kier alpha value is -1.91. The van der Waals surface area contributed by atoms with Crippen LogP contribution in [0.5, 0.6) is 0 Å². The number of carbonyl (C=O) groups is 1. The second kappa shape index (κ2) is 14.1. The number of alkyl halides is 8. The summed E-state index contributed by atoms with van der Waals surface area (Å²) in [5.74, 6) is -3.24. The number of ether oxygens (including phenoxy) is 1. The van der Waals surface area contributed by atoms with Gasteiger partial charge in [0.2, 0.25) is 0 Å². The van der Waals surface area contributed by atoms with Gasteiger partial charge in [0.1, 0.15) is 0 Å². The molecule has 0 aromatic heterocycles. The highest BCUT2D eigenvalue weighted by molar-refractivity contribution is 5.65. The molecule has 2 rings (SSSR count). The van der Waals surface area contributed by atoms with E-state index in [0.717, 1.165) is 24.3 Å². The largest absolute Gasteiger partial charge is 0.469 e. The van der Waals surface area contributed by atoms with Crippen molar-refractivity contribution in [3.05, 3.63) is 35.4 Å². The fourth-order valence-corrected chi connectivity index (χ4v) is 2.95. The normalized spacial score (nSPS) is 18.3. The van der Waals surface area contributed by atoms with Gasteiger partial charge in [-0.3, -0.25) is 9.69 Å². The summed E-state index contributed by atoms with van der Waals surface area (Å²) in [5.41, 5.74) is -0.109. The number of rotatable bonds is 4. The monoisotopic (exact) mass is 535 g/mol. The van der Waals surface area contributed by atoms with Gasteiger partial charge in [-0.1, -0.05) is 46.2 Å². The van der Waals surface area contributed by atoms with E-state index in [1.165, 1.54) is 25.4 Å². The van der Waals surface area contributed by atoms with Crippen LogP contribution in [-0.4, -0.2) is 43.2 Å². The maximum absolute atomic E-state index is 13.7. The zero-order valence-corrected chi connectivity index (χ0v) is 21.6. The molecule has 0 radical (unpaired) electrons. The van der Waals surface area contributed by atoms with Crippen molar-refractivity contribution in [2.75, 3.05) is 20.2 Å². The predicted octanol–water partition coefficient (Wildman–Crippen LogP) is 8.44. The van der Waals surface area contributed by atoms with E-state index in [1.54, 1.807) is 0 Å². The minimum Gasteiger partial charge on any atom is -0.469 e. The molecule has 0 amide bonds. The summed E-state index contributed by atoms with van der Waals surface area (Å²) in [7, 11) is 1.35. The van der Waals surface area contributed by atoms with Crippen molar-refractivity contribution >= 4 is 5.97 Å². The third-order valence-electron chi connectivity index (χ3n) is 5.57. The second-order valence-corrected chi connectivity index (χ2v) is 9.81. The summed E-state index contributed by atoms with van der Waals surface area (Å²) >= 11 is 0. The third kappa shape index (κ3) is 15.3. The van der Waals surface area contributed by atoms with Crippen LogP contribution in [0.25, 0.3) is 0 Å². The zero-order chi connectivity index (χ0) is 28.4. The molecule has 36 heavy (non-hydrogen) atoms. The van der Waals surface area contributed by atoms with Crippen LogP contribution in [0, 0.1) is 5.41 Å². The number of nitrogens with zero attached hydrogens (tertiary/aromatic N) is 1. The van der Waals surface area contributed by atoms with Crippen molar-refractivity contribution < 1.29 is 44.7 Å². The Morgan fingerprint density at radius 3 is 1.89 bits per heavy atom. The molecule has 1 aromatic rings. The van der Waals surface area contributed by atoms with Gasteiger partial charge in [-0.2, -0.15) is 26.3 Å². The quantitative estimate of drug-likeness (QED) is 0.286. The van der Waals surface area contributed by atoms with Crippen LogP contribution in [-0.2, 0) is 15.7 Å². The molecule has 0 N–H and O–H groups in total. The Balaban J connectivity index is 0.000000931. The van der Waals surface area contributed by atoms with E-state index < -0.39 is 49.1 Å².